The van der Waals surface area contributed by atoms with Gasteiger partial charge in [0.2, 0.25) is 10.0 Å². The number of nitrogens with one attached hydrogen (secondary N) is 2. The molecule has 0 saturated heterocycles. The van der Waals surface area contributed by atoms with Crippen molar-refractivity contribution in [3.8, 4) is 0 Å². The fourth-order valence-corrected chi connectivity index (χ4v) is 5.18. The first-order valence-corrected chi connectivity index (χ1v) is 12.8. The quantitative estimate of drug-likeness (QED) is 0.406. The Labute approximate surface area is 198 Å². The van der Waals surface area contributed by atoms with E-state index in [1.54, 1.807) is 12.1 Å². The van der Waals surface area contributed by atoms with E-state index in [9.17, 15) is 13.2 Å². The summed E-state index contributed by atoms with van der Waals surface area (Å²) in [5.41, 5.74) is 2.95. The number of aryl methyl sites for hydroxylation is 1. The second-order valence-corrected chi connectivity index (χ2v) is 10.4. The third kappa shape index (κ3) is 4.60. The summed E-state index contributed by atoms with van der Waals surface area (Å²) in [5, 5.41) is 3.07. The van der Waals surface area contributed by atoms with Crippen LogP contribution in [-0.2, 0) is 17.1 Å². The molecule has 0 spiro atoms. The second-order valence-electron chi connectivity index (χ2n) is 8.66. The van der Waals surface area contributed by atoms with E-state index in [1.807, 2.05) is 66.2 Å². The van der Waals surface area contributed by atoms with Gasteiger partial charge in [0.1, 0.15) is 11.9 Å². The number of fused-ring (bicyclic) bond motifs is 1. The fraction of sp³-hybridized carbons (Fsp3) is 0.231. The Morgan fingerprint density at radius 2 is 1.76 bits per heavy atom. The average molecular weight is 475 g/mol. The van der Waals surface area contributed by atoms with Crippen molar-refractivity contribution in [1.29, 1.82) is 0 Å². The SMILES string of the molecule is Cn1c(C(NC(=O)c2cccc(S(=O)(=O)NCC3CC3)c2)c2ccccc2)nc2ccccc21. The number of rotatable bonds is 8. The van der Waals surface area contributed by atoms with Crippen LogP contribution >= 0.6 is 0 Å². The highest BCUT2D eigenvalue weighted by atomic mass is 32.2. The number of benzene rings is 3. The first-order chi connectivity index (χ1) is 16.4. The zero-order chi connectivity index (χ0) is 23.7. The van der Waals surface area contributed by atoms with Crippen LogP contribution in [0.4, 0.5) is 0 Å². The summed E-state index contributed by atoms with van der Waals surface area (Å²) in [5.74, 6) is 0.733. The first kappa shape index (κ1) is 22.3. The topological polar surface area (TPSA) is 93.1 Å². The maximum absolute atomic E-state index is 13.3. The lowest BCUT2D eigenvalue weighted by atomic mass is 10.1. The molecule has 2 N–H and O–H groups in total. The number of sulfonamides is 1. The highest BCUT2D eigenvalue weighted by Crippen LogP contribution is 2.28. The van der Waals surface area contributed by atoms with E-state index in [0.717, 1.165) is 29.4 Å². The maximum atomic E-state index is 13.3. The van der Waals surface area contributed by atoms with E-state index in [1.165, 1.54) is 12.1 Å². The van der Waals surface area contributed by atoms with Crippen molar-refractivity contribution in [3.05, 3.63) is 95.8 Å². The van der Waals surface area contributed by atoms with Gasteiger partial charge in [-0.1, -0.05) is 48.5 Å². The average Bonchev–Trinajstić information content (AvgIpc) is 3.64. The van der Waals surface area contributed by atoms with Crippen molar-refractivity contribution in [2.45, 2.75) is 23.8 Å². The zero-order valence-electron chi connectivity index (χ0n) is 18.8. The van der Waals surface area contributed by atoms with Gasteiger partial charge in [-0.15, -0.1) is 0 Å². The molecule has 1 fully saturated rings. The molecule has 4 aromatic rings. The minimum atomic E-state index is -3.67. The van der Waals surface area contributed by atoms with Gasteiger partial charge in [0.05, 0.1) is 15.9 Å². The summed E-state index contributed by atoms with van der Waals surface area (Å²) in [6.45, 7) is 0.432. The molecule has 1 aliphatic rings. The van der Waals surface area contributed by atoms with Gasteiger partial charge in [-0.25, -0.2) is 18.1 Å². The van der Waals surface area contributed by atoms with E-state index in [-0.39, 0.29) is 16.4 Å². The van der Waals surface area contributed by atoms with Gasteiger partial charge in [-0.2, -0.15) is 0 Å². The van der Waals surface area contributed by atoms with Crippen LogP contribution in [0, 0.1) is 5.92 Å². The van der Waals surface area contributed by atoms with Gasteiger partial charge in [0.25, 0.3) is 5.91 Å². The van der Waals surface area contributed by atoms with Crippen molar-refractivity contribution in [2.24, 2.45) is 13.0 Å². The third-order valence-corrected chi connectivity index (χ3v) is 7.57. The smallest absolute Gasteiger partial charge is 0.252 e. The second kappa shape index (κ2) is 9.04. The first-order valence-electron chi connectivity index (χ1n) is 11.3. The van der Waals surface area contributed by atoms with E-state index < -0.39 is 16.1 Å². The van der Waals surface area contributed by atoms with Crippen molar-refractivity contribution in [2.75, 3.05) is 6.54 Å². The molecule has 1 unspecified atom stereocenters. The number of nitrogens with zero attached hydrogens (tertiary/aromatic N) is 2. The standard InChI is InChI=1S/C26H26N4O3S/c1-30-23-13-6-5-12-22(23)28-25(30)24(19-8-3-2-4-9-19)29-26(31)20-10-7-11-21(16-20)34(32,33)27-17-18-14-15-18/h2-13,16,18,24,27H,14-15,17H2,1H3,(H,29,31). The lowest BCUT2D eigenvalue weighted by Gasteiger charge is -2.19. The van der Waals surface area contributed by atoms with Crippen LogP contribution in [0.5, 0.6) is 0 Å². The van der Waals surface area contributed by atoms with Crippen LogP contribution in [0.25, 0.3) is 11.0 Å². The third-order valence-electron chi connectivity index (χ3n) is 6.15. The summed E-state index contributed by atoms with van der Waals surface area (Å²) in [4.78, 5) is 18.2. The Bertz CT molecular complexity index is 1440. The number of hydrogen-bond acceptors (Lipinski definition) is 4. The molecule has 1 aromatic heterocycles. The van der Waals surface area contributed by atoms with E-state index in [0.29, 0.717) is 18.3 Å². The van der Waals surface area contributed by atoms with Crippen molar-refractivity contribution >= 4 is 27.0 Å². The summed E-state index contributed by atoms with van der Waals surface area (Å²) in [6, 6.07) is 23.0. The summed E-state index contributed by atoms with van der Waals surface area (Å²) < 4.78 is 30.0. The molecule has 1 amide bonds. The molecule has 0 aliphatic heterocycles. The summed E-state index contributed by atoms with van der Waals surface area (Å²) in [7, 11) is -1.75. The van der Waals surface area contributed by atoms with Crippen molar-refractivity contribution in [3.63, 3.8) is 0 Å². The van der Waals surface area contributed by atoms with Crippen LogP contribution in [0.3, 0.4) is 0 Å². The molecule has 5 rings (SSSR count). The summed E-state index contributed by atoms with van der Waals surface area (Å²) >= 11 is 0. The monoisotopic (exact) mass is 474 g/mol. The normalized spacial score (nSPS) is 14.7. The van der Waals surface area contributed by atoms with E-state index in [2.05, 4.69) is 10.0 Å². The molecule has 8 heteroatoms. The van der Waals surface area contributed by atoms with Gasteiger partial charge in [-0.3, -0.25) is 4.79 Å². The van der Waals surface area contributed by atoms with Gasteiger partial charge in [0, 0.05) is 19.2 Å². The molecule has 1 atom stereocenters. The predicted octanol–water partition coefficient (Wildman–Crippen LogP) is 3.78. The molecule has 0 radical (unpaired) electrons. The minimum Gasteiger partial charge on any atom is -0.338 e. The number of hydrogen-bond donors (Lipinski definition) is 2. The molecule has 0 bridgehead atoms. The van der Waals surface area contributed by atoms with Gasteiger partial charge in [-0.05, 0) is 54.7 Å². The summed E-state index contributed by atoms with van der Waals surface area (Å²) in [6.07, 6.45) is 2.10. The number of imidazole rings is 1. The van der Waals surface area contributed by atoms with Gasteiger partial charge >= 0.3 is 0 Å². The largest absolute Gasteiger partial charge is 0.338 e. The molecule has 7 nitrogen and oxygen atoms in total. The Kier molecular flexibility index (Phi) is 5.93. The molecule has 34 heavy (non-hydrogen) atoms. The highest BCUT2D eigenvalue weighted by molar-refractivity contribution is 7.89. The van der Waals surface area contributed by atoms with Crippen molar-refractivity contribution in [1.82, 2.24) is 19.6 Å². The van der Waals surface area contributed by atoms with Gasteiger partial charge in [0.15, 0.2) is 0 Å². The van der Waals surface area contributed by atoms with E-state index in [4.69, 9.17) is 4.98 Å². The van der Waals surface area contributed by atoms with E-state index >= 15 is 0 Å². The fourth-order valence-electron chi connectivity index (χ4n) is 4.02. The van der Waals surface area contributed by atoms with Crippen molar-refractivity contribution < 1.29 is 13.2 Å². The maximum Gasteiger partial charge on any atom is 0.252 e. The number of aromatic nitrogens is 2. The lowest BCUT2D eigenvalue weighted by molar-refractivity contribution is 0.0941. The molecule has 1 aliphatic carbocycles. The molecule has 1 saturated carbocycles. The highest BCUT2D eigenvalue weighted by Gasteiger charge is 2.26. The molecular formula is C26H26N4O3S. The number of carbonyl (C=O) groups is 1. The van der Waals surface area contributed by atoms with Crippen LogP contribution in [-0.4, -0.2) is 30.4 Å². The lowest BCUT2D eigenvalue weighted by Crippen LogP contribution is -2.31. The molecule has 174 valence electrons. The molecule has 3 aromatic carbocycles. The Morgan fingerprint density at radius 3 is 2.50 bits per heavy atom. The van der Waals surface area contributed by atoms with Crippen LogP contribution in [0.2, 0.25) is 0 Å². The number of carbonyl (C=O) groups excluding carboxylic acids is 1. The number of amides is 1. The predicted molar refractivity (Wildman–Crippen MR) is 131 cm³/mol. The Morgan fingerprint density at radius 1 is 1.03 bits per heavy atom. The zero-order valence-corrected chi connectivity index (χ0v) is 19.6. The molecule has 1 heterocycles. The van der Waals surface area contributed by atoms with Crippen LogP contribution < -0.4 is 10.0 Å². The Balaban J connectivity index is 1.46. The Hall–Kier alpha value is -3.49. The minimum absolute atomic E-state index is 0.0831. The van der Waals surface area contributed by atoms with Gasteiger partial charge < -0.3 is 9.88 Å². The number of para-hydroxylation sites is 2. The van der Waals surface area contributed by atoms with Crippen LogP contribution in [0.15, 0.2) is 83.8 Å². The molecular weight excluding hydrogens is 448 g/mol. The van der Waals surface area contributed by atoms with Crippen LogP contribution in [0.1, 0.15) is 40.6 Å².